The topological polar surface area (TPSA) is 32.3 Å². The van der Waals surface area contributed by atoms with Crippen molar-refractivity contribution < 1.29 is 0 Å². The lowest BCUT2D eigenvalue weighted by atomic mass is 10.0. The fourth-order valence-electron chi connectivity index (χ4n) is 3.25. The van der Waals surface area contributed by atoms with Gasteiger partial charge in [0.25, 0.3) is 0 Å². The Morgan fingerprint density at radius 1 is 1.12 bits per heavy atom. The van der Waals surface area contributed by atoms with E-state index >= 15 is 0 Å². The Labute approximate surface area is 106 Å². The monoisotopic (exact) mass is 250 g/mol. The fourth-order valence-corrected chi connectivity index (χ4v) is 4.01. The second-order valence-corrected chi connectivity index (χ2v) is 6.59. The quantitative estimate of drug-likeness (QED) is 0.794. The van der Waals surface area contributed by atoms with E-state index in [1.807, 2.05) is 0 Å². The third kappa shape index (κ3) is 1.76. The van der Waals surface area contributed by atoms with Crippen molar-refractivity contribution in [3.05, 3.63) is 5.82 Å². The van der Waals surface area contributed by atoms with Crippen LogP contribution >= 0.6 is 11.5 Å². The molecule has 17 heavy (non-hydrogen) atoms. The summed E-state index contributed by atoms with van der Waals surface area (Å²) in [6.45, 7) is 4.90. The maximum absolute atomic E-state index is 4.72. The first-order valence-corrected chi connectivity index (χ1v) is 7.34. The summed E-state index contributed by atoms with van der Waals surface area (Å²) in [5.74, 6) is 3.51. The summed E-state index contributed by atoms with van der Waals surface area (Å²) in [4.78, 5) is 9.65. The number of likely N-dealkylation sites (tertiary alicyclic amines) is 1. The molecule has 4 nitrogen and oxygen atoms in total. The van der Waals surface area contributed by atoms with Crippen molar-refractivity contribution in [3.8, 4) is 0 Å². The van der Waals surface area contributed by atoms with Gasteiger partial charge in [-0.1, -0.05) is 0 Å². The number of aromatic nitrogens is 2. The summed E-state index contributed by atoms with van der Waals surface area (Å²) < 4.78 is 4.51. The van der Waals surface area contributed by atoms with E-state index in [2.05, 4.69) is 21.2 Å². The number of hydrogen-bond donors (Lipinski definition) is 0. The molecule has 92 valence electrons. The Balaban J connectivity index is 1.49. The molecule has 4 rings (SSSR count). The molecule has 2 aliphatic heterocycles. The summed E-state index contributed by atoms with van der Waals surface area (Å²) in [5.41, 5.74) is 0. The third-order valence-electron chi connectivity index (χ3n) is 4.31. The van der Waals surface area contributed by atoms with Crippen molar-refractivity contribution in [2.24, 2.45) is 11.8 Å². The molecule has 2 atom stereocenters. The first-order chi connectivity index (χ1) is 8.29. The van der Waals surface area contributed by atoms with Crippen LogP contribution in [0.4, 0.5) is 5.13 Å². The number of rotatable bonds is 2. The van der Waals surface area contributed by atoms with Gasteiger partial charge in [-0.3, -0.25) is 0 Å². The van der Waals surface area contributed by atoms with Crippen LogP contribution in [-0.2, 0) is 0 Å². The van der Waals surface area contributed by atoms with Gasteiger partial charge in [0.15, 0.2) is 0 Å². The lowest BCUT2D eigenvalue weighted by Gasteiger charge is -2.17. The molecule has 1 aromatic heterocycles. The maximum atomic E-state index is 4.72. The zero-order valence-electron chi connectivity index (χ0n) is 10.2. The molecule has 3 fully saturated rings. The number of hydrogen-bond acceptors (Lipinski definition) is 5. The minimum Gasteiger partial charge on any atom is -0.346 e. The lowest BCUT2D eigenvalue weighted by molar-refractivity contribution is 0.387. The van der Waals surface area contributed by atoms with Crippen molar-refractivity contribution >= 4 is 16.7 Å². The Kier molecular flexibility index (Phi) is 2.21. The molecule has 0 spiro atoms. The standard InChI is InChI=1S/C12H18N4S/c1-15-4-9-6-16(7-10(9)5-15)12-13-11(14-17-12)8-2-3-8/h8-10H,2-7H2,1H3. The largest absolute Gasteiger partial charge is 0.346 e. The molecular weight excluding hydrogens is 232 g/mol. The van der Waals surface area contributed by atoms with E-state index in [-0.39, 0.29) is 0 Å². The van der Waals surface area contributed by atoms with Crippen LogP contribution in [-0.4, -0.2) is 47.5 Å². The van der Waals surface area contributed by atoms with Crippen LogP contribution in [0.1, 0.15) is 24.6 Å². The Hall–Kier alpha value is -0.680. The SMILES string of the molecule is CN1CC2CN(c3nc(C4CC4)ns3)CC2C1. The summed E-state index contributed by atoms with van der Waals surface area (Å²) in [7, 11) is 2.23. The fraction of sp³-hybridized carbons (Fsp3) is 0.833. The van der Waals surface area contributed by atoms with Gasteiger partial charge >= 0.3 is 0 Å². The van der Waals surface area contributed by atoms with Crippen molar-refractivity contribution in [1.29, 1.82) is 0 Å². The molecule has 1 saturated carbocycles. The molecule has 2 saturated heterocycles. The number of anilines is 1. The summed E-state index contributed by atoms with van der Waals surface area (Å²) in [6.07, 6.45) is 2.60. The maximum Gasteiger partial charge on any atom is 0.205 e. The van der Waals surface area contributed by atoms with Crippen LogP contribution in [0, 0.1) is 11.8 Å². The molecule has 5 heteroatoms. The lowest BCUT2D eigenvalue weighted by Crippen LogP contribution is -2.26. The van der Waals surface area contributed by atoms with Gasteiger partial charge in [-0.15, -0.1) is 0 Å². The zero-order valence-corrected chi connectivity index (χ0v) is 11.0. The van der Waals surface area contributed by atoms with E-state index in [9.17, 15) is 0 Å². The molecule has 0 N–H and O–H groups in total. The van der Waals surface area contributed by atoms with Crippen LogP contribution in [0.2, 0.25) is 0 Å². The highest BCUT2D eigenvalue weighted by atomic mass is 32.1. The first-order valence-electron chi connectivity index (χ1n) is 6.56. The molecule has 0 amide bonds. The van der Waals surface area contributed by atoms with Crippen LogP contribution in [0.25, 0.3) is 0 Å². The van der Waals surface area contributed by atoms with Gasteiger partial charge in [0.05, 0.1) is 0 Å². The molecule has 0 bridgehead atoms. The van der Waals surface area contributed by atoms with E-state index in [4.69, 9.17) is 4.98 Å². The smallest absolute Gasteiger partial charge is 0.205 e. The van der Waals surface area contributed by atoms with Gasteiger partial charge in [0.1, 0.15) is 5.82 Å². The van der Waals surface area contributed by atoms with Crippen molar-refractivity contribution in [2.75, 3.05) is 38.1 Å². The predicted octanol–water partition coefficient (Wildman–Crippen LogP) is 1.41. The van der Waals surface area contributed by atoms with Gasteiger partial charge in [0, 0.05) is 43.6 Å². The second kappa shape index (κ2) is 3.65. The number of nitrogens with zero attached hydrogens (tertiary/aromatic N) is 4. The van der Waals surface area contributed by atoms with E-state index < -0.39 is 0 Å². The average Bonchev–Trinajstić information content (AvgIpc) is 2.75. The van der Waals surface area contributed by atoms with Gasteiger partial charge in [-0.2, -0.15) is 4.37 Å². The van der Waals surface area contributed by atoms with Crippen molar-refractivity contribution in [2.45, 2.75) is 18.8 Å². The molecule has 0 radical (unpaired) electrons. The summed E-state index contributed by atoms with van der Waals surface area (Å²) >= 11 is 1.61. The van der Waals surface area contributed by atoms with Crippen LogP contribution in [0.5, 0.6) is 0 Å². The highest BCUT2D eigenvalue weighted by Crippen LogP contribution is 2.41. The van der Waals surface area contributed by atoms with E-state index in [0.29, 0.717) is 5.92 Å². The minimum absolute atomic E-state index is 0.688. The van der Waals surface area contributed by atoms with Crippen LogP contribution in [0.3, 0.4) is 0 Å². The van der Waals surface area contributed by atoms with E-state index in [0.717, 1.165) is 17.7 Å². The van der Waals surface area contributed by atoms with Crippen LogP contribution in [0.15, 0.2) is 0 Å². The Morgan fingerprint density at radius 2 is 1.82 bits per heavy atom. The second-order valence-electron chi connectivity index (χ2n) is 5.86. The van der Waals surface area contributed by atoms with E-state index in [1.54, 1.807) is 11.5 Å². The molecule has 3 aliphatic rings. The number of fused-ring (bicyclic) bond motifs is 1. The molecule has 2 unspecified atom stereocenters. The highest BCUT2D eigenvalue weighted by molar-refractivity contribution is 7.09. The summed E-state index contributed by atoms with van der Waals surface area (Å²) in [5, 5.41) is 1.17. The minimum atomic E-state index is 0.688. The van der Waals surface area contributed by atoms with E-state index in [1.165, 1.54) is 44.2 Å². The van der Waals surface area contributed by atoms with Crippen molar-refractivity contribution in [3.63, 3.8) is 0 Å². The molecule has 3 heterocycles. The molecule has 1 aromatic rings. The van der Waals surface area contributed by atoms with Gasteiger partial charge in [-0.05, 0) is 31.7 Å². The average molecular weight is 250 g/mol. The van der Waals surface area contributed by atoms with Gasteiger partial charge < -0.3 is 9.80 Å². The Bertz CT molecular complexity index is 414. The highest BCUT2D eigenvalue weighted by Gasteiger charge is 2.40. The molecule has 0 aromatic carbocycles. The zero-order chi connectivity index (χ0) is 11.4. The normalized spacial score (nSPS) is 33.4. The predicted molar refractivity (Wildman–Crippen MR) is 68.6 cm³/mol. The molecular formula is C12H18N4S. The Morgan fingerprint density at radius 3 is 2.47 bits per heavy atom. The third-order valence-corrected chi connectivity index (χ3v) is 5.10. The first kappa shape index (κ1) is 10.3. The van der Waals surface area contributed by atoms with Crippen LogP contribution < -0.4 is 4.90 Å². The van der Waals surface area contributed by atoms with Crippen molar-refractivity contribution in [1.82, 2.24) is 14.3 Å². The summed E-state index contributed by atoms with van der Waals surface area (Å²) in [6, 6.07) is 0. The van der Waals surface area contributed by atoms with Gasteiger partial charge in [-0.25, -0.2) is 4.98 Å². The van der Waals surface area contributed by atoms with Gasteiger partial charge in [0.2, 0.25) is 5.13 Å². The molecule has 1 aliphatic carbocycles.